The summed E-state index contributed by atoms with van der Waals surface area (Å²) in [7, 11) is 0. The van der Waals surface area contributed by atoms with Crippen LogP contribution in [0.1, 0.15) is 12.0 Å². The van der Waals surface area contributed by atoms with Crippen molar-refractivity contribution >= 4 is 28.6 Å². The number of benzene rings is 2. The Morgan fingerprint density at radius 3 is 2.76 bits per heavy atom. The maximum absolute atomic E-state index is 13.3. The Labute approximate surface area is 147 Å². The van der Waals surface area contributed by atoms with Gasteiger partial charge in [0.05, 0.1) is 17.3 Å². The molecule has 0 unspecified atom stereocenters. The second-order valence-electron chi connectivity index (χ2n) is 5.43. The number of nitrogens with zero attached hydrogens (tertiary/aromatic N) is 2. The number of carboxylic acids is 1. The maximum atomic E-state index is 13.3. The third-order valence-corrected chi connectivity index (χ3v) is 4.68. The van der Waals surface area contributed by atoms with Gasteiger partial charge in [-0.25, -0.2) is 9.37 Å². The summed E-state index contributed by atoms with van der Waals surface area (Å²) in [6.07, 6.45) is -0.173. The molecule has 0 saturated carbocycles. The summed E-state index contributed by atoms with van der Waals surface area (Å²) in [4.78, 5) is 28.1. The van der Waals surface area contributed by atoms with Gasteiger partial charge in [0, 0.05) is 12.3 Å². The zero-order chi connectivity index (χ0) is 17.8. The Bertz CT molecular complexity index is 987. The van der Waals surface area contributed by atoms with E-state index in [4.69, 9.17) is 5.11 Å². The molecule has 0 bridgehead atoms. The molecule has 128 valence electrons. The molecule has 3 rings (SSSR count). The molecule has 0 spiro atoms. The minimum Gasteiger partial charge on any atom is -0.481 e. The van der Waals surface area contributed by atoms with Gasteiger partial charge in [0.2, 0.25) is 0 Å². The Balaban J connectivity index is 1.97. The normalized spacial score (nSPS) is 10.9. The lowest BCUT2D eigenvalue weighted by atomic mass is 10.2. The molecule has 0 fully saturated rings. The quantitative estimate of drug-likeness (QED) is 0.541. The molecule has 0 aliphatic heterocycles. The number of carboxylic acid groups (broad SMARTS) is 1. The fourth-order valence-electron chi connectivity index (χ4n) is 2.44. The highest BCUT2D eigenvalue weighted by Crippen LogP contribution is 2.22. The van der Waals surface area contributed by atoms with Gasteiger partial charge < -0.3 is 5.11 Å². The molecule has 0 atom stereocenters. The smallest absolute Gasteiger partial charge is 0.305 e. The average Bonchev–Trinajstić information content (AvgIpc) is 2.59. The van der Waals surface area contributed by atoms with Crippen LogP contribution in [-0.4, -0.2) is 20.6 Å². The molecule has 1 aromatic heterocycles. The standard InChI is InChI=1S/C18H15FN2O3S/c19-13-5-3-4-12(10-13)11-25-18-20-15-7-2-1-6-14(15)17(24)21(18)9-8-16(22)23/h1-7,10H,8-9,11H2,(H,22,23). The predicted molar refractivity (Wildman–Crippen MR) is 94.2 cm³/mol. The largest absolute Gasteiger partial charge is 0.481 e. The van der Waals surface area contributed by atoms with Crippen molar-refractivity contribution in [3.63, 3.8) is 0 Å². The minimum atomic E-state index is -0.985. The molecule has 3 aromatic rings. The van der Waals surface area contributed by atoms with E-state index in [9.17, 15) is 14.0 Å². The molecular weight excluding hydrogens is 343 g/mol. The number of halogens is 1. The summed E-state index contributed by atoms with van der Waals surface area (Å²) in [5.74, 6) is -0.885. The lowest BCUT2D eigenvalue weighted by Crippen LogP contribution is -2.24. The number of carbonyl (C=O) groups is 1. The molecule has 0 aliphatic carbocycles. The topological polar surface area (TPSA) is 72.2 Å². The first kappa shape index (κ1) is 17.2. The Morgan fingerprint density at radius 2 is 2.00 bits per heavy atom. The first-order valence-electron chi connectivity index (χ1n) is 7.63. The molecule has 2 aromatic carbocycles. The number of aliphatic carboxylic acids is 1. The van der Waals surface area contributed by atoms with Crippen molar-refractivity contribution in [2.24, 2.45) is 0 Å². The molecule has 5 nitrogen and oxygen atoms in total. The van der Waals surface area contributed by atoms with Crippen molar-refractivity contribution in [1.82, 2.24) is 9.55 Å². The molecule has 0 radical (unpaired) electrons. The van der Waals surface area contributed by atoms with E-state index in [-0.39, 0.29) is 24.3 Å². The second kappa shape index (κ2) is 7.48. The van der Waals surface area contributed by atoms with E-state index in [0.29, 0.717) is 21.8 Å². The monoisotopic (exact) mass is 358 g/mol. The first-order chi connectivity index (χ1) is 12.0. The average molecular weight is 358 g/mol. The van der Waals surface area contributed by atoms with Crippen molar-refractivity contribution in [2.75, 3.05) is 0 Å². The molecule has 1 heterocycles. The second-order valence-corrected chi connectivity index (χ2v) is 6.37. The summed E-state index contributed by atoms with van der Waals surface area (Å²) >= 11 is 1.28. The number of hydrogen-bond donors (Lipinski definition) is 1. The number of rotatable bonds is 6. The van der Waals surface area contributed by atoms with Crippen LogP contribution in [0.25, 0.3) is 10.9 Å². The Kier molecular flexibility index (Phi) is 5.14. The van der Waals surface area contributed by atoms with Gasteiger partial charge in [-0.2, -0.15) is 0 Å². The van der Waals surface area contributed by atoms with Crippen molar-refractivity contribution in [3.05, 3.63) is 70.3 Å². The van der Waals surface area contributed by atoms with Gasteiger partial charge in [-0.15, -0.1) is 0 Å². The Hall–Kier alpha value is -2.67. The highest BCUT2D eigenvalue weighted by atomic mass is 32.2. The SMILES string of the molecule is O=C(O)CCn1c(SCc2cccc(F)c2)nc2ccccc2c1=O. The number of aromatic nitrogens is 2. The van der Waals surface area contributed by atoms with E-state index in [0.717, 1.165) is 5.56 Å². The summed E-state index contributed by atoms with van der Waals surface area (Å²) in [6.45, 7) is 0.0392. The lowest BCUT2D eigenvalue weighted by molar-refractivity contribution is -0.137. The molecule has 0 saturated heterocycles. The zero-order valence-electron chi connectivity index (χ0n) is 13.2. The van der Waals surface area contributed by atoms with Crippen molar-refractivity contribution in [3.8, 4) is 0 Å². The number of fused-ring (bicyclic) bond motifs is 1. The van der Waals surface area contributed by atoms with Gasteiger partial charge in [0.1, 0.15) is 5.82 Å². The highest BCUT2D eigenvalue weighted by Gasteiger charge is 2.13. The van der Waals surface area contributed by atoms with Crippen LogP contribution >= 0.6 is 11.8 Å². The van der Waals surface area contributed by atoms with Crippen molar-refractivity contribution < 1.29 is 14.3 Å². The predicted octanol–water partition coefficient (Wildman–Crippen LogP) is 3.30. The summed E-state index contributed by atoms with van der Waals surface area (Å²) in [5.41, 5.74) is 1.05. The van der Waals surface area contributed by atoms with E-state index < -0.39 is 5.97 Å². The lowest BCUT2D eigenvalue weighted by Gasteiger charge is -2.12. The van der Waals surface area contributed by atoms with Crippen LogP contribution in [0.3, 0.4) is 0 Å². The molecular formula is C18H15FN2O3S. The van der Waals surface area contributed by atoms with Gasteiger partial charge in [-0.05, 0) is 29.8 Å². The fourth-order valence-corrected chi connectivity index (χ4v) is 3.41. The van der Waals surface area contributed by atoms with E-state index >= 15 is 0 Å². The molecule has 25 heavy (non-hydrogen) atoms. The number of thioether (sulfide) groups is 1. The van der Waals surface area contributed by atoms with Gasteiger partial charge in [-0.3, -0.25) is 14.2 Å². The van der Waals surface area contributed by atoms with Gasteiger partial charge >= 0.3 is 5.97 Å². The third kappa shape index (κ3) is 4.06. The van der Waals surface area contributed by atoms with Crippen LogP contribution < -0.4 is 5.56 Å². The summed E-state index contributed by atoms with van der Waals surface area (Å²) < 4.78 is 14.7. The highest BCUT2D eigenvalue weighted by molar-refractivity contribution is 7.98. The molecule has 1 N–H and O–H groups in total. The number of hydrogen-bond acceptors (Lipinski definition) is 4. The summed E-state index contributed by atoms with van der Waals surface area (Å²) in [6, 6.07) is 13.1. The zero-order valence-corrected chi connectivity index (χ0v) is 14.0. The molecule has 0 amide bonds. The van der Waals surface area contributed by atoms with Crippen molar-refractivity contribution in [2.45, 2.75) is 23.9 Å². The first-order valence-corrected chi connectivity index (χ1v) is 8.62. The maximum Gasteiger partial charge on any atom is 0.305 e. The molecule has 0 aliphatic rings. The van der Waals surface area contributed by atoms with Crippen LogP contribution in [-0.2, 0) is 17.1 Å². The van der Waals surface area contributed by atoms with Crippen LogP contribution in [0.5, 0.6) is 0 Å². The van der Waals surface area contributed by atoms with E-state index in [1.807, 2.05) is 0 Å². The van der Waals surface area contributed by atoms with Crippen LogP contribution in [0, 0.1) is 5.82 Å². The van der Waals surface area contributed by atoms with Crippen LogP contribution in [0.4, 0.5) is 4.39 Å². The van der Waals surface area contributed by atoms with Crippen molar-refractivity contribution in [1.29, 1.82) is 0 Å². The van der Waals surface area contributed by atoms with Gasteiger partial charge in [0.15, 0.2) is 5.16 Å². The molecule has 7 heteroatoms. The summed E-state index contributed by atoms with van der Waals surface area (Å²) in [5, 5.41) is 9.80. The minimum absolute atomic E-state index is 0.0392. The van der Waals surface area contributed by atoms with Crippen LogP contribution in [0.2, 0.25) is 0 Å². The van der Waals surface area contributed by atoms with Gasteiger partial charge in [0.25, 0.3) is 5.56 Å². The third-order valence-electron chi connectivity index (χ3n) is 3.63. The van der Waals surface area contributed by atoms with E-state index in [2.05, 4.69) is 4.98 Å². The Morgan fingerprint density at radius 1 is 1.20 bits per heavy atom. The van der Waals surface area contributed by atoms with E-state index in [1.54, 1.807) is 36.4 Å². The van der Waals surface area contributed by atoms with E-state index in [1.165, 1.54) is 28.5 Å². The van der Waals surface area contributed by atoms with Crippen LogP contribution in [0.15, 0.2) is 58.5 Å². The fraction of sp³-hybridized carbons (Fsp3) is 0.167. The van der Waals surface area contributed by atoms with Gasteiger partial charge in [-0.1, -0.05) is 36.0 Å². The number of para-hydroxylation sites is 1.